The summed E-state index contributed by atoms with van der Waals surface area (Å²) in [4.78, 5) is 23.5. The van der Waals surface area contributed by atoms with Gasteiger partial charge in [-0.1, -0.05) is 0 Å². The van der Waals surface area contributed by atoms with E-state index in [2.05, 4.69) is 21.2 Å². The molecule has 0 saturated heterocycles. The molecular weight excluding hydrogens is 330 g/mol. The Morgan fingerprint density at radius 1 is 1.32 bits per heavy atom. The molecule has 0 saturated carbocycles. The molecule has 96 valence electrons. The largest absolute Gasteiger partial charge is 0.482 e. The number of halogens is 1. The maximum absolute atomic E-state index is 12.3. The molecule has 0 spiro atoms. The number of hydrogen-bond donors (Lipinski definition) is 1. The van der Waals surface area contributed by atoms with E-state index >= 15 is 0 Å². The van der Waals surface area contributed by atoms with Crippen LogP contribution in [0.5, 0.6) is 5.75 Å². The van der Waals surface area contributed by atoms with Gasteiger partial charge in [0.15, 0.2) is 12.4 Å². The fourth-order valence-corrected chi connectivity index (χ4v) is 2.96. The second-order valence-corrected chi connectivity index (χ2v) is 6.31. The molecule has 0 bridgehead atoms. The lowest BCUT2D eigenvalue weighted by molar-refractivity contribution is -0.118. The van der Waals surface area contributed by atoms with Crippen molar-refractivity contribution in [2.24, 2.45) is 0 Å². The van der Waals surface area contributed by atoms with Crippen LogP contribution in [0.4, 0.5) is 5.69 Å². The van der Waals surface area contributed by atoms with Gasteiger partial charge in [-0.25, -0.2) is 0 Å². The number of ether oxygens (including phenoxy) is 1. The van der Waals surface area contributed by atoms with Gasteiger partial charge in [-0.2, -0.15) is 0 Å². The van der Waals surface area contributed by atoms with Crippen molar-refractivity contribution < 1.29 is 14.3 Å². The van der Waals surface area contributed by atoms with E-state index in [1.807, 2.05) is 0 Å². The molecule has 0 fully saturated rings. The smallest absolute Gasteiger partial charge is 0.262 e. The predicted molar refractivity (Wildman–Crippen MR) is 76.0 cm³/mol. The van der Waals surface area contributed by atoms with Crippen LogP contribution in [-0.2, 0) is 4.79 Å². The molecular formula is C13H8BrNO3S. The monoisotopic (exact) mass is 337 g/mol. The highest BCUT2D eigenvalue weighted by Crippen LogP contribution is 2.30. The summed E-state index contributed by atoms with van der Waals surface area (Å²) >= 11 is 4.79. The van der Waals surface area contributed by atoms with E-state index in [1.54, 1.807) is 29.6 Å². The zero-order valence-electron chi connectivity index (χ0n) is 9.60. The zero-order chi connectivity index (χ0) is 13.4. The van der Waals surface area contributed by atoms with Crippen LogP contribution < -0.4 is 10.1 Å². The average Bonchev–Trinajstić information content (AvgIpc) is 2.83. The number of nitrogens with one attached hydrogen (secondary N) is 1. The van der Waals surface area contributed by atoms with Crippen molar-refractivity contribution in [3.8, 4) is 5.75 Å². The molecule has 0 radical (unpaired) electrons. The Labute approximate surface area is 121 Å². The first kappa shape index (κ1) is 12.4. The number of thiophene rings is 1. The molecule has 1 aliphatic rings. The summed E-state index contributed by atoms with van der Waals surface area (Å²) in [5.74, 6) is 0.294. The molecule has 1 aromatic heterocycles. The van der Waals surface area contributed by atoms with Gasteiger partial charge in [0.05, 0.1) is 9.47 Å². The number of fused-ring (bicyclic) bond motifs is 1. The molecule has 4 nitrogen and oxygen atoms in total. The Bertz CT molecular complexity index is 680. The molecule has 0 unspecified atom stereocenters. The SMILES string of the molecule is O=C1COc2ccc(C(=O)c3csc(Br)c3)cc2N1. The fraction of sp³-hybridized carbons (Fsp3) is 0.0769. The molecule has 1 N–H and O–H groups in total. The highest BCUT2D eigenvalue weighted by Gasteiger charge is 2.18. The number of rotatable bonds is 2. The minimum Gasteiger partial charge on any atom is -0.482 e. The number of ketones is 1. The van der Waals surface area contributed by atoms with Crippen LogP contribution in [0, 0.1) is 0 Å². The zero-order valence-corrected chi connectivity index (χ0v) is 12.0. The Morgan fingerprint density at radius 3 is 2.89 bits per heavy atom. The topological polar surface area (TPSA) is 55.4 Å². The first-order valence-electron chi connectivity index (χ1n) is 5.49. The van der Waals surface area contributed by atoms with E-state index in [-0.39, 0.29) is 18.3 Å². The van der Waals surface area contributed by atoms with Crippen molar-refractivity contribution >= 4 is 44.6 Å². The van der Waals surface area contributed by atoms with Gasteiger partial charge >= 0.3 is 0 Å². The third-order valence-corrected chi connectivity index (χ3v) is 4.21. The Morgan fingerprint density at radius 2 is 2.16 bits per heavy atom. The van der Waals surface area contributed by atoms with Crippen molar-refractivity contribution in [2.75, 3.05) is 11.9 Å². The van der Waals surface area contributed by atoms with Gasteiger partial charge in [0.2, 0.25) is 0 Å². The average molecular weight is 338 g/mol. The van der Waals surface area contributed by atoms with Gasteiger partial charge in [0.1, 0.15) is 5.75 Å². The fourth-order valence-electron chi connectivity index (χ4n) is 1.82. The van der Waals surface area contributed by atoms with Crippen LogP contribution in [-0.4, -0.2) is 18.3 Å². The maximum Gasteiger partial charge on any atom is 0.262 e. The lowest BCUT2D eigenvalue weighted by Gasteiger charge is -2.18. The molecule has 2 aromatic rings. The molecule has 0 aliphatic carbocycles. The van der Waals surface area contributed by atoms with Gasteiger partial charge in [0, 0.05) is 16.5 Å². The first-order chi connectivity index (χ1) is 9.13. The quantitative estimate of drug-likeness (QED) is 0.857. The normalized spacial score (nSPS) is 13.4. The highest BCUT2D eigenvalue weighted by molar-refractivity contribution is 9.11. The standard InChI is InChI=1S/C13H8BrNO3S/c14-11-4-8(6-19-11)13(17)7-1-2-10-9(3-7)15-12(16)5-18-10/h1-4,6H,5H2,(H,15,16). The molecule has 1 aliphatic heterocycles. The highest BCUT2D eigenvalue weighted by atomic mass is 79.9. The molecule has 19 heavy (non-hydrogen) atoms. The summed E-state index contributed by atoms with van der Waals surface area (Å²) in [7, 11) is 0. The van der Waals surface area contributed by atoms with Crippen LogP contribution in [0.15, 0.2) is 33.4 Å². The van der Waals surface area contributed by atoms with E-state index in [0.29, 0.717) is 22.6 Å². The van der Waals surface area contributed by atoms with Crippen LogP contribution in [0.2, 0.25) is 0 Å². The minimum atomic E-state index is -0.213. The van der Waals surface area contributed by atoms with Gasteiger partial charge in [0.25, 0.3) is 5.91 Å². The lowest BCUT2D eigenvalue weighted by Crippen LogP contribution is -2.25. The molecule has 0 atom stereocenters. The van der Waals surface area contributed by atoms with Crippen molar-refractivity contribution in [3.05, 3.63) is 44.6 Å². The number of carbonyl (C=O) groups is 2. The van der Waals surface area contributed by atoms with Gasteiger partial charge < -0.3 is 10.1 Å². The number of carbonyl (C=O) groups excluding carboxylic acids is 2. The molecule has 3 rings (SSSR count). The maximum atomic E-state index is 12.3. The molecule has 2 heterocycles. The summed E-state index contributed by atoms with van der Waals surface area (Å²) in [6.07, 6.45) is 0. The van der Waals surface area contributed by atoms with Crippen LogP contribution >= 0.6 is 27.3 Å². The third-order valence-electron chi connectivity index (χ3n) is 2.70. The second kappa shape index (κ2) is 4.79. The van der Waals surface area contributed by atoms with Gasteiger partial charge in [-0.15, -0.1) is 11.3 Å². The number of amides is 1. The summed E-state index contributed by atoms with van der Waals surface area (Å²) in [5, 5.41) is 4.48. The summed E-state index contributed by atoms with van der Waals surface area (Å²) in [5.41, 5.74) is 1.69. The van der Waals surface area contributed by atoms with Crippen molar-refractivity contribution in [2.45, 2.75) is 0 Å². The second-order valence-electron chi connectivity index (χ2n) is 4.02. The van der Waals surface area contributed by atoms with Crippen molar-refractivity contribution in [1.29, 1.82) is 0 Å². The first-order valence-corrected chi connectivity index (χ1v) is 7.16. The Kier molecular flexibility index (Phi) is 3.12. The Balaban J connectivity index is 1.96. The van der Waals surface area contributed by atoms with Crippen LogP contribution in [0.1, 0.15) is 15.9 Å². The van der Waals surface area contributed by atoms with Crippen molar-refractivity contribution in [3.63, 3.8) is 0 Å². The van der Waals surface area contributed by atoms with Gasteiger partial charge in [-0.05, 0) is 40.2 Å². The third kappa shape index (κ3) is 2.41. The van der Waals surface area contributed by atoms with Crippen molar-refractivity contribution in [1.82, 2.24) is 0 Å². The molecule has 1 amide bonds. The lowest BCUT2D eigenvalue weighted by atomic mass is 10.0. The summed E-state index contributed by atoms with van der Waals surface area (Å²) in [6, 6.07) is 6.81. The summed E-state index contributed by atoms with van der Waals surface area (Å²) < 4.78 is 6.16. The molecule has 6 heteroatoms. The van der Waals surface area contributed by atoms with Crippen LogP contribution in [0.25, 0.3) is 0 Å². The number of hydrogen-bond acceptors (Lipinski definition) is 4. The van der Waals surface area contributed by atoms with E-state index < -0.39 is 0 Å². The van der Waals surface area contributed by atoms with E-state index in [4.69, 9.17) is 4.74 Å². The van der Waals surface area contributed by atoms with E-state index in [0.717, 1.165) is 3.79 Å². The molecule has 1 aromatic carbocycles. The predicted octanol–water partition coefficient (Wildman–Crippen LogP) is 3.07. The number of benzene rings is 1. The number of anilines is 1. The Hall–Kier alpha value is -1.66. The summed E-state index contributed by atoms with van der Waals surface area (Å²) in [6.45, 7) is 0.0117. The van der Waals surface area contributed by atoms with E-state index in [1.165, 1.54) is 11.3 Å². The van der Waals surface area contributed by atoms with Crippen LogP contribution in [0.3, 0.4) is 0 Å². The van der Waals surface area contributed by atoms with Gasteiger partial charge in [-0.3, -0.25) is 9.59 Å². The van der Waals surface area contributed by atoms with E-state index in [9.17, 15) is 9.59 Å². The minimum absolute atomic E-state index is 0.0117.